The van der Waals surface area contributed by atoms with Gasteiger partial charge in [-0.2, -0.15) is 0 Å². The quantitative estimate of drug-likeness (QED) is 0.747. The monoisotopic (exact) mass is 199 g/mol. The Kier molecular flexibility index (Phi) is 2.81. The molecule has 1 atom stereocenters. The first kappa shape index (κ1) is 10.6. The van der Waals surface area contributed by atoms with Gasteiger partial charge < -0.3 is 10.2 Å². The molecule has 0 fully saturated rings. The molecule has 0 aromatic carbocycles. The van der Waals surface area contributed by atoms with Crippen LogP contribution in [0.1, 0.15) is 12.6 Å². The molecule has 76 valence electrons. The van der Waals surface area contributed by atoms with Crippen molar-refractivity contribution < 1.29 is 19.4 Å². The van der Waals surface area contributed by atoms with E-state index >= 15 is 0 Å². The van der Waals surface area contributed by atoms with E-state index in [-0.39, 0.29) is 12.1 Å². The first-order chi connectivity index (χ1) is 6.43. The molecular weight excluding hydrogens is 189 g/mol. The summed E-state index contributed by atoms with van der Waals surface area (Å²) in [5.41, 5.74) is -2.05. The second-order valence-electron chi connectivity index (χ2n) is 3.19. The first-order valence-corrected chi connectivity index (χ1v) is 3.98. The van der Waals surface area contributed by atoms with Gasteiger partial charge in [0.2, 0.25) is 0 Å². The van der Waals surface area contributed by atoms with Crippen molar-refractivity contribution in [3.05, 3.63) is 29.8 Å². The predicted molar refractivity (Wildman–Crippen MR) is 46.2 cm³/mol. The maximum Gasteiger partial charge on any atom is 0.335 e. The van der Waals surface area contributed by atoms with Crippen LogP contribution in [0, 0.1) is 5.82 Å². The van der Waals surface area contributed by atoms with E-state index in [9.17, 15) is 14.3 Å². The Balaban J connectivity index is 2.89. The van der Waals surface area contributed by atoms with Crippen LogP contribution >= 0.6 is 0 Å². The molecule has 0 bridgehead atoms. The molecule has 1 unspecified atom stereocenters. The second kappa shape index (κ2) is 3.71. The van der Waals surface area contributed by atoms with Crippen molar-refractivity contribution in [2.75, 3.05) is 0 Å². The predicted octanol–water partition coefficient (Wildman–Crippen LogP) is 0.599. The average molecular weight is 199 g/mol. The number of pyridine rings is 1. The van der Waals surface area contributed by atoms with Crippen LogP contribution in [0.25, 0.3) is 0 Å². The van der Waals surface area contributed by atoms with Gasteiger partial charge in [0.1, 0.15) is 5.82 Å². The maximum absolute atomic E-state index is 13.0. The molecule has 1 aromatic rings. The lowest BCUT2D eigenvalue weighted by atomic mass is 10.00. The highest BCUT2D eigenvalue weighted by Crippen LogP contribution is 2.13. The van der Waals surface area contributed by atoms with Gasteiger partial charge in [-0.3, -0.25) is 4.98 Å². The Labute approximate surface area is 80.0 Å². The van der Waals surface area contributed by atoms with Crippen LogP contribution < -0.4 is 0 Å². The van der Waals surface area contributed by atoms with Crippen molar-refractivity contribution in [1.29, 1.82) is 0 Å². The number of carboxylic acid groups (broad SMARTS) is 1. The fraction of sp³-hybridized carbons (Fsp3) is 0.333. The van der Waals surface area contributed by atoms with E-state index in [1.54, 1.807) is 0 Å². The minimum Gasteiger partial charge on any atom is -0.479 e. The van der Waals surface area contributed by atoms with Gasteiger partial charge in [0.15, 0.2) is 5.60 Å². The standard InChI is InChI=1S/C9H10FNO3/c1-9(14,8(12)13)5-7-6(10)3-2-4-11-7/h2-4,14H,5H2,1H3,(H,12,13). The summed E-state index contributed by atoms with van der Waals surface area (Å²) in [5, 5.41) is 18.0. The molecule has 5 heteroatoms. The largest absolute Gasteiger partial charge is 0.479 e. The molecule has 0 saturated heterocycles. The summed E-state index contributed by atoms with van der Waals surface area (Å²) < 4.78 is 13.0. The average Bonchev–Trinajstić information content (AvgIpc) is 2.08. The Hall–Kier alpha value is -1.49. The summed E-state index contributed by atoms with van der Waals surface area (Å²) in [6.45, 7) is 1.10. The first-order valence-electron chi connectivity index (χ1n) is 3.98. The van der Waals surface area contributed by atoms with Gasteiger partial charge in [-0.1, -0.05) is 0 Å². The highest BCUT2D eigenvalue weighted by Gasteiger charge is 2.31. The maximum atomic E-state index is 13.0. The van der Waals surface area contributed by atoms with Gasteiger partial charge in [0, 0.05) is 12.6 Å². The van der Waals surface area contributed by atoms with Crippen molar-refractivity contribution in [1.82, 2.24) is 4.98 Å². The van der Waals surface area contributed by atoms with Crippen molar-refractivity contribution in [2.45, 2.75) is 18.9 Å². The summed E-state index contributed by atoms with van der Waals surface area (Å²) in [5.74, 6) is -2.02. The molecule has 1 rings (SSSR count). The van der Waals surface area contributed by atoms with E-state index in [0.717, 1.165) is 6.92 Å². The van der Waals surface area contributed by atoms with Crippen molar-refractivity contribution in [3.63, 3.8) is 0 Å². The molecule has 1 aromatic heterocycles. The number of halogens is 1. The molecule has 4 nitrogen and oxygen atoms in total. The number of hydrogen-bond donors (Lipinski definition) is 2. The fourth-order valence-electron chi connectivity index (χ4n) is 0.950. The zero-order valence-electron chi connectivity index (χ0n) is 7.57. The van der Waals surface area contributed by atoms with E-state index in [4.69, 9.17) is 5.11 Å². The van der Waals surface area contributed by atoms with E-state index in [1.807, 2.05) is 0 Å². The molecule has 14 heavy (non-hydrogen) atoms. The molecule has 0 aliphatic heterocycles. The Morgan fingerprint density at radius 3 is 2.86 bits per heavy atom. The number of aromatic nitrogens is 1. The van der Waals surface area contributed by atoms with Crippen LogP contribution in [0.15, 0.2) is 18.3 Å². The molecule has 0 saturated carbocycles. The summed E-state index contributed by atoms with van der Waals surface area (Å²) in [6, 6.07) is 2.56. The van der Waals surface area contributed by atoms with Crippen LogP contribution in [-0.2, 0) is 11.2 Å². The lowest BCUT2D eigenvalue weighted by molar-refractivity contribution is -0.156. The van der Waals surface area contributed by atoms with Crippen LogP contribution in [0.5, 0.6) is 0 Å². The van der Waals surface area contributed by atoms with Crippen LogP contribution in [-0.4, -0.2) is 26.8 Å². The zero-order chi connectivity index (χ0) is 10.8. The molecule has 0 radical (unpaired) electrons. The molecule has 0 aliphatic rings. The van der Waals surface area contributed by atoms with Gasteiger partial charge in [0.25, 0.3) is 0 Å². The third kappa shape index (κ3) is 2.26. The smallest absolute Gasteiger partial charge is 0.335 e. The van der Waals surface area contributed by atoms with Gasteiger partial charge in [-0.25, -0.2) is 9.18 Å². The molecular formula is C9H10FNO3. The third-order valence-electron chi connectivity index (χ3n) is 1.81. The van der Waals surface area contributed by atoms with E-state index in [1.165, 1.54) is 18.3 Å². The zero-order valence-corrected chi connectivity index (χ0v) is 7.57. The highest BCUT2D eigenvalue weighted by molar-refractivity contribution is 5.76. The van der Waals surface area contributed by atoms with E-state index in [0.29, 0.717) is 0 Å². The lowest BCUT2D eigenvalue weighted by Crippen LogP contribution is -2.37. The van der Waals surface area contributed by atoms with E-state index in [2.05, 4.69) is 4.98 Å². The van der Waals surface area contributed by atoms with Gasteiger partial charge in [0.05, 0.1) is 5.69 Å². The lowest BCUT2D eigenvalue weighted by Gasteiger charge is -2.17. The molecule has 2 N–H and O–H groups in total. The summed E-state index contributed by atoms with van der Waals surface area (Å²) >= 11 is 0. The van der Waals surface area contributed by atoms with Gasteiger partial charge in [-0.05, 0) is 19.1 Å². The Bertz CT molecular complexity index is 352. The van der Waals surface area contributed by atoms with Crippen LogP contribution in [0.2, 0.25) is 0 Å². The number of aliphatic hydroxyl groups is 1. The number of nitrogens with zero attached hydrogens (tertiary/aromatic N) is 1. The molecule has 0 aliphatic carbocycles. The highest BCUT2D eigenvalue weighted by atomic mass is 19.1. The molecule has 0 spiro atoms. The van der Waals surface area contributed by atoms with E-state index < -0.39 is 17.4 Å². The van der Waals surface area contributed by atoms with Crippen LogP contribution in [0.4, 0.5) is 4.39 Å². The van der Waals surface area contributed by atoms with Crippen molar-refractivity contribution in [3.8, 4) is 0 Å². The summed E-state index contributed by atoms with van der Waals surface area (Å²) in [6.07, 6.45) is 0.991. The molecule has 0 amide bonds. The molecule has 1 heterocycles. The fourth-order valence-corrected chi connectivity index (χ4v) is 0.950. The normalized spacial score (nSPS) is 14.8. The van der Waals surface area contributed by atoms with Crippen molar-refractivity contribution in [2.24, 2.45) is 0 Å². The Morgan fingerprint density at radius 2 is 2.36 bits per heavy atom. The second-order valence-corrected chi connectivity index (χ2v) is 3.19. The SMILES string of the molecule is CC(O)(Cc1ncccc1F)C(=O)O. The number of rotatable bonds is 3. The summed E-state index contributed by atoms with van der Waals surface area (Å²) in [4.78, 5) is 14.2. The topological polar surface area (TPSA) is 70.4 Å². The minimum absolute atomic E-state index is 0.0556. The third-order valence-corrected chi connectivity index (χ3v) is 1.81. The number of carbonyl (C=O) groups is 1. The van der Waals surface area contributed by atoms with Gasteiger partial charge in [-0.15, -0.1) is 0 Å². The Morgan fingerprint density at radius 1 is 1.71 bits per heavy atom. The van der Waals surface area contributed by atoms with Crippen LogP contribution in [0.3, 0.4) is 0 Å². The van der Waals surface area contributed by atoms with Crippen molar-refractivity contribution >= 4 is 5.97 Å². The van der Waals surface area contributed by atoms with Gasteiger partial charge >= 0.3 is 5.97 Å². The number of aliphatic carboxylic acids is 1. The summed E-state index contributed by atoms with van der Waals surface area (Å²) in [7, 11) is 0. The number of hydrogen-bond acceptors (Lipinski definition) is 3. The minimum atomic E-state index is -1.99. The number of carboxylic acids is 1.